The maximum absolute atomic E-state index is 13.5. The van der Waals surface area contributed by atoms with Gasteiger partial charge < -0.3 is 14.8 Å². The van der Waals surface area contributed by atoms with Crippen molar-refractivity contribution in [2.75, 3.05) is 24.1 Å². The van der Waals surface area contributed by atoms with E-state index in [0.717, 1.165) is 9.87 Å². The number of nitrogens with zero attached hydrogens (tertiary/aromatic N) is 1. The number of rotatable bonds is 8. The van der Waals surface area contributed by atoms with Gasteiger partial charge in [-0.15, -0.1) is 0 Å². The van der Waals surface area contributed by atoms with Gasteiger partial charge in [0.2, 0.25) is 5.91 Å². The Hall–Kier alpha value is -3.52. The van der Waals surface area contributed by atoms with Gasteiger partial charge in [-0.25, -0.2) is 8.42 Å². The number of sulfonamides is 1. The molecule has 1 amide bonds. The molecule has 1 atom stereocenters. The number of anilines is 1. The van der Waals surface area contributed by atoms with Crippen molar-refractivity contribution in [1.29, 1.82) is 0 Å². The van der Waals surface area contributed by atoms with Gasteiger partial charge in [0.25, 0.3) is 10.0 Å². The Labute approximate surface area is 194 Å². The molecule has 4 rings (SSSR count). The zero-order chi connectivity index (χ0) is 23.3. The summed E-state index contributed by atoms with van der Waals surface area (Å²) in [6.45, 7) is 2.40. The number of ether oxygens (including phenoxy) is 2. The van der Waals surface area contributed by atoms with Crippen LogP contribution in [0.25, 0.3) is 0 Å². The van der Waals surface area contributed by atoms with Crippen LogP contribution in [0.1, 0.15) is 24.9 Å². The van der Waals surface area contributed by atoms with Crippen molar-refractivity contribution >= 4 is 21.6 Å². The van der Waals surface area contributed by atoms with Gasteiger partial charge in [-0.1, -0.05) is 55.5 Å². The monoisotopic (exact) mass is 466 g/mol. The maximum atomic E-state index is 13.5. The minimum Gasteiger partial charge on any atom is -0.486 e. The second-order valence-corrected chi connectivity index (χ2v) is 9.45. The molecule has 1 aliphatic heterocycles. The summed E-state index contributed by atoms with van der Waals surface area (Å²) >= 11 is 0. The molecule has 0 aliphatic carbocycles. The molecule has 0 fully saturated rings. The number of nitrogens with one attached hydrogen (secondary N) is 1. The first-order valence-electron chi connectivity index (χ1n) is 10.8. The van der Waals surface area contributed by atoms with Crippen molar-refractivity contribution in [3.63, 3.8) is 0 Å². The Morgan fingerprint density at radius 3 is 2.24 bits per heavy atom. The highest BCUT2D eigenvalue weighted by molar-refractivity contribution is 7.92. The van der Waals surface area contributed by atoms with Crippen molar-refractivity contribution in [1.82, 2.24) is 5.32 Å². The van der Waals surface area contributed by atoms with E-state index in [1.807, 2.05) is 37.3 Å². The van der Waals surface area contributed by atoms with E-state index in [1.54, 1.807) is 36.4 Å². The number of carbonyl (C=O) groups excluding carboxylic acids is 1. The summed E-state index contributed by atoms with van der Waals surface area (Å²) in [5.74, 6) is 0.588. The van der Waals surface area contributed by atoms with Gasteiger partial charge in [-0.3, -0.25) is 9.10 Å². The molecule has 3 aromatic carbocycles. The fourth-order valence-corrected chi connectivity index (χ4v) is 5.13. The average molecular weight is 467 g/mol. The zero-order valence-electron chi connectivity index (χ0n) is 18.3. The molecule has 0 aromatic heterocycles. The molecule has 1 heterocycles. The number of fused-ring (bicyclic) bond motifs is 1. The third kappa shape index (κ3) is 5.12. The molecule has 0 bridgehead atoms. The Morgan fingerprint density at radius 2 is 1.58 bits per heavy atom. The summed E-state index contributed by atoms with van der Waals surface area (Å²) in [5.41, 5.74) is 1.29. The summed E-state index contributed by atoms with van der Waals surface area (Å²) in [6.07, 6.45) is 0.672. The predicted molar refractivity (Wildman–Crippen MR) is 126 cm³/mol. The van der Waals surface area contributed by atoms with Crippen LogP contribution in [0.15, 0.2) is 83.8 Å². The second kappa shape index (κ2) is 9.95. The van der Waals surface area contributed by atoms with Crippen LogP contribution in [-0.4, -0.2) is 34.1 Å². The molecule has 1 N–H and O–H groups in total. The first-order valence-corrected chi connectivity index (χ1v) is 12.2. The van der Waals surface area contributed by atoms with Crippen LogP contribution in [0.5, 0.6) is 11.5 Å². The fraction of sp³-hybridized carbons (Fsp3) is 0.240. The summed E-state index contributed by atoms with van der Waals surface area (Å²) in [4.78, 5) is 13.2. The maximum Gasteiger partial charge on any atom is 0.264 e. The van der Waals surface area contributed by atoms with E-state index in [4.69, 9.17) is 9.47 Å². The molecule has 1 unspecified atom stereocenters. The topological polar surface area (TPSA) is 84.9 Å². The molecule has 0 radical (unpaired) electrons. The van der Waals surface area contributed by atoms with E-state index >= 15 is 0 Å². The van der Waals surface area contributed by atoms with E-state index in [9.17, 15) is 13.2 Å². The van der Waals surface area contributed by atoms with Crippen LogP contribution in [0.2, 0.25) is 0 Å². The normalized spacial score (nSPS) is 13.7. The number of amides is 1. The predicted octanol–water partition coefficient (Wildman–Crippen LogP) is 3.92. The van der Waals surface area contributed by atoms with Crippen molar-refractivity contribution in [3.05, 3.63) is 84.4 Å². The van der Waals surface area contributed by atoms with E-state index in [0.29, 0.717) is 36.8 Å². The summed E-state index contributed by atoms with van der Waals surface area (Å²) in [7, 11) is -4.01. The molecule has 0 spiro atoms. The summed E-state index contributed by atoms with van der Waals surface area (Å²) in [6, 6.07) is 22.3. The lowest BCUT2D eigenvalue weighted by atomic mass is 10.0. The SMILES string of the molecule is CCC(NC(=O)CN(c1ccc2c(c1)OCCO2)S(=O)(=O)c1ccccc1)c1ccccc1. The van der Waals surface area contributed by atoms with E-state index in [2.05, 4.69) is 5.32 Å². The minimum absolute atomic E-state index is 0.0998. The van der Waals surface area contributed by atoms with E-state index in [1.165, 1.54) is 12.1 Å². The number of hydrogen-bond acceptors (Lipinski definition) is 5. The van der Waals surface area contributed by atoms with Gasteiger partial charge in [0.1, 0.15) is 19.8 Å². The summed E-state index contributed by atoms with van der Waals surface area (Å²) in [5, 5.41) is 2.97. The Morgan fingerprint density at radius 1 is 0.939 bits per heavy atom. The molecule has 33 heavy (non-hydrogen) atoms. The first-order chi connectivity index (χ1) is 16.0. The van der Waals surface area contributed by atoms with Crippen LogP contribution >= 0.6 is 0 Å². The van der Waals surface area contributed by atoms with Crippen LogP contribution in [-0.2, 0) is 14.8 Å². The molecule has 7 nitrogen and oxygen atoms in total. The van der Waals surface area contributed by atoms with Crippen LogP contribution < -0.4 is 19.1 Å². The third-order valence-corrected chi connectivity index (χ3v) is 7.17. The highest BCUT2D eigenvalue weighted by Gasteiger charge is 2.29. The second-order valence-electron chi connectivity index (χ2n) is 7.59. The average Bonchev–Trinajstić information content (AvgIpc) is 2.86. The van der Waals surface area contributed by atoms with Crippen molar-refractivity contribution in [3.8, 4) is 11.5 Å². The van der Waals surface area contributed by atoms with Gasteiger partial charge in [-0.2, -0.15) is 0 Å². The van der Waals surface area contributed by atoms with Crippen LogP contribution in [0.3, 0.4) is 0 Å². The molecule has 1 aliphatic rings. The van der Waals surface area contributed by atoms with Crippen LogP contribution in [0.4, 0.5) is 5.69 Å². The minimum atomic E-state index is -4.01. The van der Waals surface area contributed by atoms with E-state index in [-0.39, 0.29) is 17.5 Å². The lowest BCUT2D eigenvalue weighted by molar-refractivity contribution is -0.120. The Balaban J connectivity index is 1.65. The van der Waals surface area contributed by atoms with Crippen molar-refractivity contribution in [2.45, 2.75) is 24.3 Å². The zero-order valence-corrected chi connectivity index (χ0v) is 19.1. The molecule has 172 valence electrons. The molecule has 0 saturated heterocycles. The van der Waals surface area contributed by atoms with Crippen molar-refractivity contribution in [2.24, 2.45) is 0 Å². The molecule has 8 heteroatoms. The molecular weight excluding hydrogens is 440 g/mol. The lowest BCUT2D eigenvalue weighted by Crippen LogP contribution is -2.42. The summed E-state index contributed by atoms with van der Waals surface area (Å²) < 4.78 is 39.4. The highest BCUT2D eigenvalue weighted by Crippen LogP contribution is 2.35. The molecule has 0 saturated carbocycles. The number of hydrogen-bond donors (Lipinski definition) is 1. The van der Waals surface area contributed by atoms with Gasteiger partial charge in [0, 0.05) is 6.07 Å². The largest absolute Gasteiger partial charge is 0.486 e. The lowest BCUT2D eigenvalue weighted by Gasteiger charge is -2.27. The quantitative estimate of drug-likeness (QED) is 0.544. The Bertz CT molecular complexity index is 1200. The third-order valence-electron chi connectivity index (χ3n) is 5.38. The van der Waals surface area contributed by atoms with E-state index < -0.39 is 15.9 Å². The van der Waals surface area contributed by atoms with Gasteiger partial charge in [-0.05, 0) is 36.2 Å². The Kier molecular flexibility index (Phi) is 6.84. The molecule has 3 aromatic rings. The smallest absolute Gasteiger partial charge is 0.264 e. The number of carbonyl (C=O) groups is 1. The standard InChI is InChI=1S/C25H26N2O5S/c1-2-22(19-9-5-3-6-10-19)26-25(28)18-27(33(29,30)21-11-7-4-8-12-21)20-13-14-23-24(17-20)32-16-15-31-23/h3-14,17,22H,2,15-16,18H2,1H3,(H,26,28). The van der Waals surface area contributed by atoms with Gasteiger partial charge >= 0.3 is 0 Å². The number of benzene rings is 3. The van der Waals surface area contributed by atoms with Crippen molar-refractivity contribution < 1.29 is 22.7 Å². The van der Waals surface area contributed by atoms with Crippen LogP contribution in [0, 0.1) is 0 Å². The van der Waals surface area contributed by atoms with Gasteiger partial charge in [0.05, 0.1) is 16.6 Å². The fourth-order valence-electron chi connectivity index (χ4n) is 3.70. The highest BCUT2D eigenvalue weighted by atomic mass is 32.2. The molecular formula is C25H26N2O5S. The van der Waals surface area contributed by atoms with Gasteiger partial charge in [0.15, 0.2) is 11.5 Å². The first kappa shape index (κ1) is 22.7.